The van der Waals surface area contributed by atoms with Crippen molar-refractivity contribution in [3.05, 3.63) is 0 Å². The Morgan fingerprint density at radius 2 is 1.69 bits per heavy atom. The van der Waals surface area contributed by atoms with Gasteiger partial charge in [-0.25, -0.2) is 4.79 Å². The van der Waals surface area contributed by atoms with Crippen LogP contribution in [0, 0.1) is 17.8 Å². The van der Waals surface area contributed by atoms with Crippen LogP contribution in [0.2, 0.25) is 0 Å². The smallest absolute Gasteiger partial charge is 0.408 e. The van der Waals surface area contributed by atoms with E-state index in [1.807, 2.05) is 48.5 Å². The molecule has 16 heavy (non-hydrogen) atoms. The first-order valence-corrected chi connectivity index (χ1v) is 5.56. The van der Waals surface area contributed by atoms with Gasteiger partial charge < -0.3 is 10.1 Å². The van der Waals surface area contributed by atoms with Crippen LogP contribution >= 0.6 is 0 Å². The number of amides is 1. The largest absolute Gasteiger partial charge is 0.444 e. The van der Waals surface area contributed by atoms with Crippen LogP contribution < -0.4 is 5.32 Å². The molecule has 0 rings (SSSR count). The zero-order valence-corrected chi connectivity index (χ0v) is 11.4. The van der Waals surface area contributed by atoms with Gasteiger partial charge in [0.05, 0.1) is 5.54 Å². The summed E-state index contributed by atoms with van der Waals surface area (Å²) < 4.78 is 5.16. The van der Waals surface area contributed by atoms with Crippen molar-refractivity contribution in [2.24, 2.45) is 5.92 Å². The molecule has 0 bridgehead atoms. The Balaban J connectivity index is 4.39. The lowest BCUT2D eigenvalue weighted by atomic mass is 10.1. The maximum atomic E-state index is 11.5. The Morgan fingerprint density at radius 1 is 1.19 bits per heavy atom. The quantitative estimate of drug-likeness (QED) is 0.697. The van der Waals surface area contributed by atoms with Crippen LogP contribution in [0.15, 0.2) is 0 Å². The zero-order chi connectivity index (χ0) is 13.0. The minimum Gasteiger partial charge on any atom is -0.444 e. The maximum absolute atomic E-state index is 11.5. The van der Waals surface area contributed by atoms with Gasteiger partial charge in [-0.15, -0.1) is 0 Å². The van der Waals surface area contributed by atoms with E-state index in [1.165, 1.54) is 0 Å². The van der Waals surface area contributed by atoms with Gasteiger partial charge in [-0.2, -0.15) is 0 Å². The van der Waals surface area contributed by atoms with Gasteiger partial charge in [0.15, 0.2) is 0 Å². The van der Waals surface area contributed by atoms with Gasteiger partial charge in [0.25, 0.3) is 0 Å². The number of rotatable bonds is 1. The fraction of sp³-hybridized carbons (Fsp3) is 0.769. The van der Waals surface area contributed by atoms with Crippen molar-refractivity contribution in [3.63, 3.8) is 0 Å². The molecule has 0 heterocycles. The average Bonchev–Trinajstić information content (AvgIpc) is 1.95. The van der Waals surface area contributed by atoms with Crippen molar-refractivity contribution in [1.29, 1.82) is 0 Å². The number of nitrogens with one attached hydrogen (secondary N) is 1. The normalized spacial score (nSPS) is 11.8. The van der Waals surface area contributed by atoms with E-state index in [0.29, 0.717) is 5.92 Å². The molecule has 0 fully saturated rings. The molecule has 0 radical (unpaired) electrons. The van der Waals surface area contributed by atoms with Crippen molar-refractivity contribution in [2.75, 3.05) is 0 Å². The van der Waals surface area contributed by atoms with Crippen molar-refractivity contribution >= 4 is 6.09 Å². The van der Waals surface area contributed by atoms with Crippen LogP contribution in [0.1, 0.15) is 48.5 Å². The van der Waals surface area contributed by atoms with Gasteiger partial charge in [0, 0.05) is 5.92 Å². The highest BCUT2D eigenvalue weighted by Crippen LogP contribution is 2.09. The fourth-order valence-electron chi connectivity index (χ4n) is 0.915. The third-order valence-corrected chi connectivity index (χ3v) is 1.49. The van der Waals surface area contributed by atoms with Crippen LogP contribution in [0.3, 0.4) is 0 Å². The standard InChI is InChI=1S/C13H23NO2/c1-10(2)8-9-13(6,7)14-11(15)16-12(3,4)5/h10H,1-7H3,(H,14,15). The summed E-state index contributed by atoms with van der Waals surface area (Å²) in [7, 11) is 0. The molecular formula is C13H23NO2. The summed E-state index contributed by atoms with van der Waals surface area (Å²) in [5, 5.41) is 2.73. The fourth-order valence-corrected chi connectivity index (χ4v) is 0.915. The molecule has 0 atom stereocenters. The van der Waals surface area contributed by atoms with E-state index in [1.54, 1.807) is 0 Å². The molecule has 92 valence electrons. The molecule has 0 spiro atoms. The molecule has 0 saturated carbocycles. The number of carbonyl (C=O) groups is 1. The lowest BCUT2D eigenvalue weighted by Crippen LogP contribution is -2.44. The van der Waals surface area contributed by atoms with E-state index < -0.39 is 17.2 Å². The highest BCUT2D eigenvalue weighted by Gasteiger charge is 2.22. The number of hydrogen-bond acceptors (Lipinski definition) is 2. The molecule has 0 saturated heterocycles. The molecule has 0 unspecified atom stereocenters. The average molecular weight is 225 g/mol. The molecule has 0 aliphatic carbocycles. The maximum Gasteiger partial charge on any atom is 0.408 e. The van der Waals surface area contributed by atoms with E-state index in [2.05, 4.69) is 17.2 Å². The van der Waals surface area contributed by atoms with Crippen LogP contribution in [-0.2, 0) is 4.74 Å². The molecule has 0 aromatic heterocycles. The molecule has 0 aliphatic heterocycles. The summed E-state index contributed by atoms with van der Waals surface area (Å²) in [6.45, 7) is 13.2. The molecule has 0 aromatic rings. The molecular weight excluding hydrogens is 202 g/mol. The topological polar surface area (TPSA) is 38.3 Å². The molecule has 3 heteroatoms. The van der Waals surface area contributed by atoms with Gasteiger partial charge in [0.2, 0.25) is 0 Å². The summed E-state index contributed by atoms with van der Waals surface area (Å²) in [5.74, 6) is 6.34. The monoisotopic (exact) mass is 225 g/mol. The zero-order valence-electron chi connectivity index (χ0n) is 11.4. The first-order valence-electron chi connectivity index (χ1n) is 5.56. The van der Waals surface area contributed by atoms with Gasteiger partial charge in [0.1, 0.15) is 5.60 Å². The molecule has 0 aromatic carbocycles. The number of ether oxygens (including phenoxy) is 1. The van der Waals surface area contributed by atoms with Crippen molar-refractivity contribution in [3.8, 4) is 11.8 Å². The summed E-state index contributed by atoms with van der Waals surface area (Å²) in [4.78, 5) is 11.5. The summed E-state index contributed by atoms with van der Waals surface area (Å²) in [5.41, 5.74) is -1.04. The highest BCUT2D eigenvalue weighted by atomic mass is 16.6. The Bertz CT molecular complexity index is 300. The van der Waals surface area contributed by atoms with E-state index in [4.69, 9.17) is 4.74 Å². The third kappa shape index (κ3) is 8.16. The lowest BCUT2D eigenvalue weighted by molar-refractivity contribution is 0.0494. The first kappa shape index (κ1) is 14.8. The molecule has 1 amide bonds. The van der Waals surface area contributed by atoms with E-state index >= 15 is 0 Å². The van der Waals surface area contributed by atoms with Gasteiger partial charge in [-0.05, 0) is 34.6 Å². The third-order valence-electron chi connectivity index (χ3n) is 1.49. The van der Waals surface area contributed by atoms with E-state index in [9.17, 15) is 4.79 Å². The van der Waals surface area contributed by atoms with Crippen molar-refractivity contribution in [2.45, 2.75) is 59.6 Å². The molecule has 1 N–H and O–H groups in total. The van der Waals surface area contributed by atoms with Gasteiger partial charge in [-0.3, -0.25) is 0 Å². The lowest BCUT2D eigenvalue weighted by Gasteiger charge is -2.24. The van der Waals surface area contributed by atoms with Gasteiger partial charge >= 0.3 is 6.09 Å². The summed E-state index contributed by atoms with van der Waals surface area (Å²) in [6.07, 6.45) is -0.435. The predicted octanol–water partition coefficient (Wildman–Crippen LogP) is 2.95. The van der Waals surface area contributed by atoms with Crippen molar-refractivity contribution < 1.29 is 9.53 Å². The summed E-state index contributed by atoms with van der Waals surface area (Å²) >= 11 is 0. The predicted molar refractivity (Wildman–Crippen MR) is 66.1 cm³/mol. The van der Waals surface area contributed by atoms with Crippen LogP contribution in [0.4, 0.5) is 4.79 Å². The second-order valence-corrected chi connectivity index (χ2v) is 5.68. The second-order valence-electron chi connectivity index (χ2n) is 5.68. The summed E-state index contributed by atoms with van der Waals surface area (Å²) in [6, 6.07) is 0. The minimum absolute atomic E-state index is 0.291. The van der Waals surface area contributed by atoms with E-state index in [-0.39, 0.29) is 0 Å². The Labute approximate surface area is 98.9 Å². The minimum atomic E-state index is -0.563. The number of hydrogen-bond donors (Lipinski definition) is 1. The molecule has 3 nitrogen and oxygen atoms in total. The van der Waals surface area contributed by atoms with Crippen LogP contribution in [-0.4, -0.2) is 17.2 Å². The van der Waals surface area contributed by atoms with Crippen LogP contribution in [0.25, 0.3) is 0 Å². The Kier molecular flexibility index (Phi) is 4.86. The van der Waals surface area contributed by atoms with Gasteiger partial charge in [-0.1, -0.05) is 25.7 Å². The Hall–Kier alpha value is -1.17. The first-order chi connectivity index (χ1) is 7.02. The SMILES string of the molecule is CC(C)C#CC(C)(C)NC(=O)OC(C)(C)C. The van der Waals surface area contributed by atoms with E-state index in [0.717, 1.165) is 0 Å². The molecule has 0 aliphatic rings. The Morgan fingerprint density at radius 3 is 2.06 bits per heavy atom. The van der Waals surface area contributed by atoms with Crippen LogP contribution in [0.5, 0.6) is 0 Å². The number of carbonyl (C=O) groups excluding carboxylic acids is 1. The second kappa shape index (κ2) is 5.25. The number of alkyl carbamates (subject to hydrolysis) is 1. The van der Waals surface area contributed by atoms with Crippen molar-refractivity contribution in [1.82, 2.24) is 5.32 Å². The highest BCUT2D eigenvalue weighted by molar-refractivity contribution is 5.69.